The van der Waals surface area contributed by atoms with Crippen LogP contribution in [0.2, 0.25) is 0 Å². The number of phenolic OH excluding ortho intramolecular Hbond substituents is 1. The Morgan fingerprint density at radius 2 is 2.10 bits per heavy atom. The van der Waals surface area contributed by atoms with Crippen LogP contribution in [0.3, 0.4) is 0 Å². The van der Waals surface area contributed by atoms with Crippen LogP contribution in [0, 0.1) is 5.82 Å². The lowest BCUT2D eigenvalue weighted by Crippen LogP contribution is -2.35. The number of halogens is 1. The molecule has 6 heteroatoms. The van der Waals surface area contributed by atoms with Crippen molar-refractivity contribution in [2.45, 2.75) is 32.7 Å². The maximum atomic E-state index is 12.8. The Balaban J connectivity index is 2.42. The van der Waals surface area contributed by atoms with E-state index in [-0.39, 0.29) is 30.5 Å². The summed E-state index contributed by atoms with van der Waals surface area (Å²) in [5.41, 5.74) is -0.0197. The number of carbonyl (C=O) groups is 2. The quantitative estimate of drug-likeness (QED) is 0.741. The highest BCUT2D eigenvalue weighted by Crippen LogP contribution is 2.17. The first-order valence-corrected chi connectivity index (χ1v) is 6.50. The number of carbonyl (C=O) groups excluding carboxylic acids is 2. The van der Waals surface area contributed by atoms with Crippen LogP contribution in [0.5, 0.6) is 5.75 Å². The zero-order valence-electron chi connectivity index (χ0n) is 11.6. The Morgan fingerprint density at radius 1 is 1.40 bits per heavy atom. The fourth-order valence-electron chi connectivity index (χ4n) is 1.53. The smallest absolute Gasteiger partial charge is 0.255 e. The first kappa shape index (κ1) is 15.9. The SMILES string of the molecule is CCC(C)NC(=O)CCNC(=O)c1ccc(F)cc1O. The van der Waals surface area contributed by atoms with E-state index >= 15 is 0 Å². The van der Waals surface area contributed by atoms with Crippen molar-refractivity contribution in [2.24, 2.45) is 0 Å². The number of nitrogens with one attached hydrogen (secondary N) is 2. The average Bonchev–Trinajstić information content (AvgIpc) is 2.38. The van der Waals surface area contributed by atoms with Crippen molar-refractivity contribution in [3.63, 3.8) is 0 Å². The van der Waals surface area contributed by atoms with Crippen molar-refractivity contribution < 1.29 is 19.1 Å². The van der Waals surface area contributed by atoms with E-state index in [2.05, 4.69) is 10.6 Å². The predicted octanol–water partition coefficient (Wildman–Crippen LogP) is 1.57. The molecule has 0 saturated heterocycles. The van der Waals surface area contributed by atoms with Gasteiger partial charge in [-0.05, 0) is 25.5 Å². The van der Waals surface area contributed by atoms with Gasteiger partial charge in [0.2, 0.25) is 5.91 Å². The van der Waals surface area contributed by atoms with Crippen molar-refractivity contribution in [2.75, 3.05) is 6.54 Å². The maximum Gasteiger partial charge on any atom is 0.255 e. The molecule has 0 heterocycles. The summed E-state index contributed by atoms with van der Waals surface area (Å²) in [4.78, 5) is 23.2. The molecule has 0 spiro atoms. The van der Waals surface area contributed by atoms with Crippen LogP contribution in [-0.4, -0.2) is 29.5 Å². The average molecular weight is 282 g/mol. The number of hydrogen-bond donors (Lipinski definition) is 3. The summed E-state index contributed by atoms with van der Waals surface area (Å²) in [5, 5.41) is 14.7. The lowest BCUT2D eigenvalue weighted by atomic mass is 10.2. The molecule has 1 atom stereocenters. The van der Waals surface area contributed by atoms with E-state index < -0.39 is 17.5 Å². The summed E-state index contributed by atoms with van der Waals surface area (Å²) in [5.74, 6) is -1.74. The van der Waals surface area contributed by atoms with E-state index in [0.29, 0.717) is 0 Å². The molecule has 20 heavy (non-hydrogen) atoms. The molecular formula is C14H19FN2O3. The van der Waals surface area contributed by atoms with Crippen LogP contribution in [0.25, 0.3) is 0 Å². The molecule has 0 aliphatic rings. The van der Waals surface area contributed by atoms with Crippen molar-refractivity contribution >= 4 is 11.8 Å². The molecule has 1 aromatic carbocycles. The van der Waals surface area contributed by atoms with Crippen molar-refractivity contribution in [1.82, 2.24) is 10.6 Å². The highest BCUT2D eigenvalue weighted by molar-refractivity contribution is 5.96. The van der Waals surface area contributed by atoms with Crippen molar-refractivity contribution in [1.29, 1.82) is 0 Å². The minimum atomic E-state index is -0.619. The van der Waals surface area contributed by atoms with Crippen molar-refractivity contribution in [3.8, 4) is 5.75 Å². The van der Waals surface area contributed by atoms with Crippen LogP contribution in [0.4, 0.5) is 4.39 Å². The molecule has 0 aliphatic carbocycles. The monoisotopic (exact) mass is 282 g/mol. The predicted molar refractivity (Wildman–Crippen MR) is 72.9 cm³/mol. The molecule has 5 nitrogen and oxygen atoms in total. The molecule has 2 amide bonds. The first-order chi connectivity index (χ1) is 9.43. The third-order valence-electron chi connectivity index (χ3n) is 2.86. The Bertz CT molecular complexity index is 491. The molecule has 0 aromatic heterocycles. The van der Waals surface area contributed by atoms with E-state index in [1.165, 1.54) is 6.07 Å². The summed E-state index contributed by atoms with van der Waals surface area (Å²) in [6.07, 6.45) is 0.986. The molecule has 0 saturated carbocycles. The van der Waals surface area contributed by atoms with Gasteiger partial charge in [-0.15, -0.1) is 0 Å². The Hall–Kier alpha value is -2.11. The van der Waals surface area contributed by atoms with Gasteiger partial charge in [-0.3, -0.25) is 9.59 Å². The fraction of sp³-hybridized carbons (Fsp3) is 0.429. The Kier molecular flexibility index (Phi) is 5.96. The number of rotatable bonds is 6. The van der Waals surface area contributed by atoms with Gasteiger partial charge in [0.15, 0.2) is 0 Å². The van der Waals surface area contributed by atoms with E-state index in [4.69, 9.17) is 0 Å². The normalized spacial score (nSPS) is 11.8. The topological polar surface area (TPSA) is 78.4 Å². The van der Waals surface area contributed by atoms with Crippen LogP contribution in [0.1, 0.15) is 37.0 Å². The van der Waals surface area contributed by atoms with E-state index in [0.717, 1.165) is 18.6 Å². The second-order valence-electron chi connectivity index (χ2n) is 4.54. The second-order valence-corrected chi connectivity index (χ2v) is 4.54. The van der Waals surface area contributed by atoms with Gasteiger partial charge in [0.25, 0.3) is 5.91 Å². The Labute approximate surface area is 117 Å². The van der Waals surface area contributed by atoms with Gasteiger partial charge in [0.05, 0.1) is 5.56 Å². The molecule has 1 unspecified atom stereocenters. The number of benzene rings is 1. The van der Waals surface area contributed by atoms with Gasteiger partial charge in [0.1, 0.15) is 11.6 Å². The Morgan fingerprint density at radius 3 is 2.70 bits per heavy atom. The zero-order valence-corrected chi connectivity index (χ0v) is 11.6. The summed E-state index contributed by atoms with van der Waals surface area (Å²) in [6.45, 7) is 4.01. The molecule has 1 aromatic rings. The van der Waals surface area contributed by atoms with Crippen LogP contribution in [-0.2, 0) is 4.79 Å². The third kappa shape index (κ3) is 4.87. The highest BCUT2D eigenvalue weighted by atomic mass is 19.1. The van der Waals surface area contributed by atoms with E-state index in [9.17, 15) is 19.1 Å². The van der Waals surface area contributed by atoms with Crippen LogP contribution < -0.4 is 10.6 Å². The van der Waals surface area contributed by atoms with Gasteiger partial charge >= 0.3 is 0 Å². The number of hydrogen-bond acceptors (Lipinski definition) is 3. The van der Waals surface area contributed by atoms with Gasteiger partial charge in [0, 0.05) is 25.1 Å². The summed E-state index contributed by atoms with van der Waals surface area (Å²) < 4.78 is 12.8. The first-order valence-electron chi connectivity index (χ1n) is 6.50. The molecule has 3 N–H and O–H groups in total. The lowest BCUT2D eigenvalue weighted by molar-refractivity contribution is -0.121. The number of amides is 2. The third-order valence-corrected chi connectivity index (χ3v) is 2.86. The highest BCUT2D eigenvalue weighted by Gasteiger charge is 2.12. The van der Waals surface area contributed by atoms with Gasteiger partial charge < -0.3 is 15.7 Å². The number of aromatic hydroxyl groups is 1. The van der Waals surface area contributed by atoms with E-state index in [1.807, 2.05) is 13.8 Å². The summed E-state index contributed by atoms with van der Waals surface area (Å²) >= 11 is 0. The standard InChI is InChI=1S/C14H19FN2O3/c1-3-9(2)17-13(19)6-7-16-14(20)11-5-4-10(15)8-12(11)18/h4-5,8-9,18H,3,6-7H2,1-2H3,(H,16,20)(H,17,19). The summed E-state index contributed by atoms with van der Waals surface area (Å²) in [7, 11) is 0. The maximum absolute atomic E-state index is 12.8. The number of phenols is 1. The molecule has 0 radical (unpaired) electrons. The van der Waals surface area contributed by atoms with Gasteiger partial charge in [-0.25, -0.2) is 4.39 Å². The second kappa shape index (κ2) is 7.47. The molecule has 0 bridgehead atoms. The molecule has 0 fully saturated rings. The lowest BCUT2D eigenvalue weighted by Gasteiger charge is -2.11. The molecule has 0 aliphatic heterocycles. The molecule has 1 rings (SSSR count). The largest absolute Gasteiger partial charge is 0.507 e. The fourth-order valence-corrected chi connectivity index (χ4v) is 1.53. The van der Waals surface area contributed by atoms with Crippen molar-refractivity contribution in [3.05, 3.63) is 29.6 Å². The van der Waals surface area contributed by atoms with E-state index in [1.54, 1.807) is 0 Å². The minimum Gasteiger partial charge on any atom is -0.507 e. The zero-order chi connectivity index (χ0) is 15.1. The summed E-state index contributed by atoms with van der Waals surface area (Å²) in [6, 6.07) is 3.24. The minimum absolute atomic E-state index is 0.0197. The van der Waals surface area contributed by atoms with Gasteiger partial charge in [-0.1, -0.05) is 6.92 Å². The van der Waals surface area contributed by atoms with Gasteiger partial charge in [-0.2, -0.15) is 0 Å². The van der Waals surface area contributed by atoms with Crippen LogP contribution >= 0.6 is 0 Å². The molecular weight excluding hydrogens is 263 g/mol. The molecule has 110 valence electrons. The van der Waals surface area contributed by atoms with Crippen LogP contribution in [0.15, 0.2) is 18.2 Å².